The SMILES string of the molecule is CCC(CC)CC(O)c1cc(F)cc(C(F)(F)F)c1. The van der Waals surface area contributed by atoms with E-state index in [1.54, 1.807) is 0 Å². The summed E-state index contributed by atoms with van der Waals surface area (Å²) >= 11 is 0. The zero-order chi connectivity index (χ0) is 14.6. The second kappa shape index (κ2) is 6.37. The fraction of sp³-hybridized carbons (Fsp3) is 0.571. The molecule has 108 valence electrons. The van der Waals surface area contributed by atoms with Crippen LogP contribution in [0.4, 0.5) is 17.6 Å². The number of benzene rings is 1. The minimum atomic E-state index is -4.61. The molecule has 1 atom stereocenters. The van der Waals surface area contributed by atoms with Crippen molar-refractivity contribution in [2.75, 3.05) is 0 Å². The number of alkyl halides is 3. The maximum absolute atomic E-state index is 13.2. The number of aliphatic hydroxyl groups excluding tert-OH is 1. The first-order valence-electron chi connectivity index (χ1n) is 6.33. The van der Waals surface area contributed by atoms with Gasteiger partial charge in [-0.3, -0.25) is 0 Å². The fourth-order valence-electron chi connectivity index (χ4n) is 2.04. The minimum Gasteiger partial charge on any atom is -0.388 e. The van der Waals surface area contributed by atoms with Crippen LogP contribution in [0.3, 0.4) is 0 Å². The smallest absolute Gasteiger partial charge is 0.388 e. The first kappa shape index (κ1) is 16.0. The van der Waals surface area contributed by atoms with Crippen LogP contribution < -0.4 is 0 Å². The molecule has 0 amide bonds. The average molecular weight is 278 g/mol. The summed E-state index contributed by atoms with van der Waals surface area (Å²) < 4.78 is 50.9. The van der Waals surface area contributed by atoms with Crippen LogP contribution >= 0.6 is 0 Å². The quantitative estimate of drug-likeness (QED) is 0.774. The number of rotatable bonds is 5. The van der Waals surface area contributed by atoms with Gasteiger partial charge in [-0.15, -0.1) is 0 Å². The van der Waals surface area contributed by atoms with Crippen molar-refractivity contribution in [3.63, 3.8) is 0 Å². The van der Waals surface area contributed by atoms with E-state index in [2.05, 4.69) is 0 Å². The molecule has 0 saturated carbocycles. The van der Waals surface area contributed by atoms with E-state index in [-0.39, 0.29) is 11.5 Å². The van der Waals surface area contributed by atoms with Crippen molar-refractivity contribution in [2.24, 2.45) is 5.92 Å². The number of aliphatic hydroxyl groups is 1. The molecular formula is C14H18F4O. The van der Waals surface area contributed by atoms with Crippen molar-refractivity contribution in [2.45, 2.75) is 45.4 Å². The molecule has 0 fully saturated rings. The van der Waals surface area contributed by atoms with E-state index in [1.165, 1.54) is 0 Å². The van der Waals surface area contributed by atoms with E-state index in [0.29, 0.717) is 12.5 Å². The number of halogens is 4. The van der Waals surface area contributed by atoms with Crippen molar-refractivity contribution in [1.82, 2.24) is 0 Å². The van der Waals surface area contributed by atoms with Crippen LogP contribution in [0.15, 0.2) is 18.2 Å². The Hall–Kier alpha value is -1.10. The van der Waals surface area contributed by atoms with Crippen LogP contribution in [0.25, 0.3) is 0 Å². The predicted molar refractivity (Wildman–Crippen MR) is 65.1 cm³/mol. The Balaban J connectivity index is 2.97. The highest BCUT2D eigenvalue weighted by molar-refractivity contribution is 5.28. The maximum Gasteiger partial charge on any atom is 0.416 e. The van der Waals surface area contributed by atoms with E-state index < -0.39 is 23.7 Å². The van der Waals surface area contributed by atoms with Gasteiger partial charge in [0.25, 0.3) is 0 Å². The molecule has 0 aliphatic carbocycles. The summed E-state index contributed by atoms with van der Waals surface area (Å²) in [6, 6.07) is 2.21. The van der Waals surface area contributed by atoms with Gasteiger partial charge in [-0.2, -0.15) is 13.2 Å². The van der Waals surface area contributed by atoms with Crippen LogP contribution in [0.5, 0.6) is 0 Å². The maximum atomic E-state index is 13.2. The monoisotopic (exact) mass is 278 g/mol. The predicted octanol–water partition coefficient (Wildman–Crippen LogP) is 4.70. The van der Waals surface area contributed by atoms with Crippen LogP contribution in [0, 0.1) is 11.7 Å². The Morgan fingerprint density at radius 1 is 1.11 bits per heavy atom. The molecule has 0 aliphatic heterocycles. The molecule has 19 heavy (non-hydrogen) atoms. The van der Waals surface area contributed by atoms with Crippen LogP contribution in [0.2, 0.25) is 0 Å². The van der Waals surface area contributed by atoms with E-state index in [9.17, 15) is 22.7 Å². The average Bonchev–Trinajstić information content (AvgIpc) is 2.33. The topological polar surface area (TPSA) is 20.2 Å². The first-order valence-corrected chi connectivity index (χ1v) is 6.33. The second-order valence-corrected chi connectivity index (χ2v) is 4.71. The summed E-state index contributed by atoms with van der Waals surface area (Å²) in [6.07, 6.45) is -3.68. The van der Waals surface area contributed by atoms with Gasteiger partial charge in [0, 0.05) is 0 Å². The molecule has 1 N–H and O–H groups in total. The minimum absolute atomic E-state index is 0.0146. The Bertz CT molecular complexity index is 410. The van der Waals surface area contributed by atoms with Gasteiger partial charge in [-0.1, -0.05) is 26.7 Å². The van der Waals surface area contributed by atoms with E-state index in [1.807, 2.05) is 13.8 Å². The van der Waals surface area contributed by atoms with Crippen molar-refractivity contribution in [1.29, 1.82) is 0 Å². The normalized spacial score (nSPS) is 13.9. The van der Waals surface area contributed by atoms with Gasteiger partial charge in [0.15, 0.2) is 0 Å². The van der Waals surface area contributed by atoms with Gasteiger partial charge in [0.05, 0.1) is 11.7 Å². The molecule has 1 nitrogen and oxygen atoms in total. The second-order valence-electron chi connectivity index (χ2n) is 4.71. The molecule has 1 rings (SSSR count). The lowest BCUT2D eigenvalue weighted by Crippen LogP contribution is -2.10. The molecule has 0 heterocycles. The molecular weight excluding hydrogens is 260 g/mol. The third kappa shape index (κ3) is 4.49. The van der Waals surface area contributed by atoms with Crippen molar-refractivity contribution >= 4 is 0 Å². The van der Waals surface area contributed by atoms with Gasteiger partial charge in [-0.25, -0.2) is 4.39 Å². The van der Waals surface area contributed by atoms with Gasteiger partial charge in [0.1, 0.15) is 5.82 Å². The summed E-state index contributed by atoms with van der Waals surface area (Å²) in [5.41, 5.74) is -1.08. The Labute approximate surface area is 110 Å². The lowest BCUT2D eigenvalue weighted by Gasteiger charge is -2.19. The lowest BCUT2D eigenvalue weighted by molar-refractivity contribution is -0.137. The van der Waals surface area contributed by atoms with E-state index >= 15 is 0 Å². The van der Waals surface area contributed by atoms with Crippen molar-refractivity contribution in [3.8, 4) is 0 Å². The van der Waals surface area contributed by atoms with E-state index in [0.717, 1.165) is 25.0 Å². The van der Waals surface area contributed by atoms with Crippen LogP contribution in [0.1, 0.15) is 50.3 Å². The van der Waals surface area contributed by atoms with Crippen LogP contribution in [-0.2, 0) is 6.18 Å². The molecule has 1 aromatic carbocycles. The third-order valence-electron chi connectivity index (χ3n) is 3.34. The van der Waals surface area contributed by atoms with Crippen LogP contribution in [-0.4, -0.2) is 5.11 Å². The van der Waals surface area contributed by atoms with Crippen molar-refractivity contribution in [3.05, 3.63) is 35.1 Å². The Morgan fingerprint density at radius 2 is 1.68 bits per heavy atom. The fourth-order valence-corrected chi connectivity index (χ4v) is 2.04. The molecule has 0 radical (unpaired) electrons. The lowest BCUT2D eigenvalue weighted by atomic mass is 9.92. The molecule has 0 saturated heterocycles. The van der Waals surface area contributed by atoms with Crippen molar-refractivity contribution < 1.29 is 22.7 Å². The summed E-state index contributed by atoms with van der Waals surface area (Å²) in [5.74, 6) is -0.763. The number of hydrogen-bond acceptors (Lipinski definition) is 1. The number of hydrogen-bond donors (Lipinski definition) is 1. The molecule has 5 heteroatoms. The zero-order valence-electron chi connectivity index (χ0n) is 11.0. The van der Waals surface area contributed by atoms with Gasteiger partial charge in [-0.05, 0) is 36.1 Å². The highest BCUT2D eigenvalue weighted by Crippen LogP contribution is 2.33. The molecule has 1 aromatic rings. The highest BCUT2D eigenvalue weighted by atomic mass is 19.4. The standard InChI is InChI=1S/C14H18F4O/c1-3-9(4-2)5-13(19)10-6-11(14(16,17)18)8-12(15)7-10/h6-9,13,19H,3-5H2,1-2H3. The molecule has 0 aromatic heterocycles. The third-order valence-corrected chi connectivity index (χ3v) is 3.34. The van der Waals surface area contributed by atoms with Gasteiger partial charge in [0.2, 0.25) is 0 Å². The van der Waals surface area contributed by atoms with Gasteiger partial charge < -0.3 is 5.11 Å². The largest absolute Gasteiger partial charge is 0.416 e. The first-order chi connectivity index (χ1) is 8.77. The summed E-state index contributed by atoms with van der Waals surface area (Å²) in [4.78, 5) is 0. The molecule has 1 unspecified atom stereocenters. The molecule has 0 aliphatic rings. The summed E-state index contributed by atoms with van der Waals surface area (Å²) in [6.45, 7) is 3.90. The molecule has 0 bridgehead atoms. The van der Waals surface area contributed by atoms with Gasteiger partial charge >= 0.3 is 6.18 Å². The van der Waals surface area contributed by atoms with E-state index in [4.69, 9.17) is 0 Å². The molecule has 0 spiro atoms. The summed E-state index contributed by atoms with van der Waals surface area (Å²) in [7, 11) is 0. The zero-order valence-corrected chi connectivity index (χ0v) is 11.0. The Morgan fingerprint density at radius 3 is 2.16 bits per heavy atom. The highest BCUT2D eigenvalue weighted by Gasteiger charge is 2.32. The summed E-state index contributed by atoms with van der Waals surface area (Å²) in [5, 5.41) is 9.93. The Kier molecular flexibility index (Phi) is 5.35.